The minimum Gasteiger partial charge on any atom is -0.366 e. The van der Waals surface area contributed by atoms with Gasteiger partial charge in [0.2, 0.25) is 0 Å². The third-order valence-electron chi connectivity index (χ3n) is 3.14. The Balaban J connectivity index is 2.10. The lowest BCUT2D eigenvalue weighted by molar-refractivity contribution is 0.427. The number of nitrogens with zero attached hydrogens (tertiary/aromatic N) is 1. The van der Waals surface area contributed by atoms with Crippen molar-refractivity contribution in [2.24, 2.45) is 0 Å². The van der Waals surface area contributed by atoms with E-state index >= 15 is 0 Å². The number of benzene rings is 1. The molecule has 1 aromatic carbocycles. The molecule has 1 N–H and O–H groups in total. The first-order chi connectivity index (χ1) is 8.20. The SMILES string of the molecule is CCCC1CN(c2ccc(F)cc2F)CCN1. The molecule has 2 nitrogen and oxygen atoms in total. The number of halogens is 2. The van der Waals surface area contributed by atoms with Crippen LogP contribution in [0.3, 0.4) is 0 Å². The summed E-state index contributed by atoms with van der Waals surface area (Å²) in [5.74, 6) is -0.992. The summed E-state index contributed by atoms with van der Waals surface area (Å²) in [5, 5.41) is 3.41. The van der Waals surface area contributed by atoms with Gasteiger partial charge in [-0.05, 0) is 18.6 Å². The minimum absolute atomic E-state index is 0.401. The third-order valence-corrected chi connectivity index (χ3v) is 3.14. The van der Waals surface area contributed by atoms with E-state index < -0.39 is 11.6 Å². The molecule has 0 aromatic heterocycles. The van der Waals surface area contributed by atoms with E-state index in [-0.39, 0.29) is 0 Å². The fraction of sp³-hybridized carbons (Fsp3) is 0.538. The molecule has 0 amide bonds. The van der Waals surface area contributed by atoms with Crippen molar-refractivity contribution < 1.29 is 8.78 Å². The number of piperazine rings is 1. The van der Waals surface area contributed by atoms with Gasteiger partial charge in [0.15, 0.2) is 0 Å². The van der Waals surface area contributed by atoms with Gasteiger partial charge in [0.25, 0.3) is 0 Å². The Bertz CT molecular complexity index is 380. The maximum atomic E-state index is 13.6. The van der Waals surface area contributed by atoms with E-state index in [0.29, 0.717) is 11.7 Å². The zero-order valence-corrected chi connectivity index (χ0v) is 10.0. The van der Waals surface area contributed by atoms with Crippen LogP contribution in [-0.4, -0.2) is 25.7 Å². The van der Waals surface area contributed by atoms with Crippen molar-refractivity contribution >= 4 is 5.69 Å². The Morgan fingerprint density at radius 3 is 2.94 bits per heavy atom. The molecule has 0 aliphatic carbocycles. The number of rotatable bonds is 3. The average Bonchev–Trinajstić information content (AvgIpc) is 2.29. The topological polar surface area (TPSA) is 15.3 Å². The summed E-state index contributed by atoms with van der Waals surface area (Å²) in [6, 6.07) is 4.19. The Morgan fingerprint density at radius 1 is 1.41 bits per heavy atom. The molecule has 1 unspecified atom stereocenters. The second kappa shape index (κ2) is 5.45. The predicted octanol–water partition coefficient (Wildman–Crippen LogP) is 2.54. The van der Waals surface area contributed by atoms with Crippen LogP contribution < -0.4 is 10.2 Å². The van der Waals surface area contributed by atoms with E-state index in [9.17, 15) is 8.78 Å². The molecule has 1 fully saturated rings. The molecule has 1 atom stereocenters. The molecule has 1 aliphatic heterocycles. The van der Waals surface area contributed by atoms with E-state index in [1.54, 1.807) is 0 Å². The molecule has 4 heteroatoms. The van der Waals surface area contributed by atoms with Crippen molar-refractivity contribution in [1.29, 1.82) is 0 Å². The molecular formula is C13H18F2N2. The summed E-state index contributed by atoms with van der Waals surface area (Å²) in [5.41, 5.74) is 0.508. The third kappa shape index (κ3) is 2.94. The van der Waals surface area contributed by atoms with Gasteiger partial charge in [-0.3, -0.25) is 0 Å². The van der Waals surface area contributed by atoms with Crippen LogP contribution in [0.1, 0.15) is 19.8 Å². The standard InChI is InChI=1S/C13H18F2N2/c1-2-3-11-9-17(7-6-16-11)13-5-4-10(14)8-12(13)15/h4-5,8,11,16H,2-3,6-7,9H2,1H3. The minimum atomic E-state index is -0.522. The molecule has 0 saturated carbocycles. The van der Waals surface area contributed by atoms with Gasteiger partial charge in [0.1, 0.15) is 11.6 Å². The first kappa shape index (κ1) is 12.3. The number of hydrogen-bond acceptors (Lipinski definition) is 2. The van der Waals surface area contributed by atoms with Gasteiger partial charge in [-0.15, -0.1) is 0 Å². The van der Waals surface area contributed by atoms with Gasteiger partial charge in [0.05, 0.1) is 5.69 Å². The van der Waals surface area contributed by atoms with Crippen LogP contribution in [0.2, 0.25) is 0 Å². The van der Waals surface area contributed by atoms with E-state index in [0.717, 1.165) is 38.5 Å². The quantitative estimate of drug-likeness (QED) is 0.873. The first-order valence-corrected chi connectivity index (χ1v) is 6.14. The van der Waals surface area contributed by atoms with E-state index in [1.807, 2.05) is 4.90 Å². The molecule has 1 aliphatic rings. The van der Waals surface area contributed by atoms with Gasteiger partial charge >= 0.3 is 0 Å². The first-order valence-electron chi connectivity index (χ1n) is 6.14. The van der Waals surface area contributed by atoms with Crippen molar-refractivity contribution in [1.82, 2.24) is 5.32 Å². The van der Waals surface area contributed by atoms with Crippen LogP contribution in [0.5, 0.6) is 0 Å². The van der Waals surface area contributed by atoms with E-state index in [4.69, 9.17) is 0 Å². The molecule has 1 heterocycles. The summed E-state index contributed by atoms with van der Waals surface area (Å²) in [6.07, 6.45) is 2.19. The molecule has 1 saturated heterocycles. The number of anilines is 1. The van der Waals surface area contributed by atoms with Crippen molar-refractivity contribution in [2.75, 3.05) is 24.5 Å². The van der Waals surface area contributed by atoms with Crippen molar-refractivity contribution in [2.45, 2.75) is 25.8 Å². The second-order valence-electron chi connectivity index (χ2n) is 4.48. The highest BCUT2D eigenvalue weighted by Gasteiger charge is 2.20. The highest BCUT2D eigenvalue weighted by atomic mass is 19.1. The second-order valence-corrected chi connectivity index (χ2v) is 4.48. The van der Waals surface area contributed by atoms with Gasteiger partial charge in [-0.25, -0.2) is 8.78 Å². The Labute approximate surface area is 101 Å². The highest BCUT2D eigenvalue weighted by molar-refractivity contribution is 5.48. The van der Waals surface area contributed by atoms with Crippen LogP contribution in [-0.2, 0) is 0 Å². The largest absolute Gasteiger partial charge is 0.366 e. The zero-order valence-electron chi connectivity index (χ0n) is 10.0. The fourth-order valence-electron chi connectivity index (χ4n) is 2.32. The average molecular weight is 240 g/mol. The molecule has 0 radical (unpaired) electrons. The lowest BCUT2D eigenvalue weighted by Gasteiger charge is -2.35. The Morgan fingerprint density at radius 2 is 2.24 bits per heavy atom. The number of nitrogens with one attached hydrogen (secondary N) is 1. The van der Waals surface area contributed by atoms with E-state index in [2.05, 4.69) is 12.2 Å². The van der Waals surface area contributed by atoms with Crippen molar-refractivity contribution in [3.8, 4) is 0 Å². The highest BCUT2D eigenvalue weighted by Crippen LogP contribution is 2.21. The van der Waals surface area contributed by atoms with Crippen LogP contribution in [0.4, 0.5) is 14.5 Å². The van der Waals surface area contributed by atoms with Gasteiger partial charge in [-0.1, -0.05) is 13.3 Å². The Kier molecular flexibility index (Phi) is 3.94. The summed E-state index contributed by atoms with van der Waals surface area (Å²) in [7, 11) is 0. The summed E-state index contributed by atoms with van der Waals surface area (Å²) in [4.78, 5) is 1.99. The normalized spacial score (nSPS) is 20.6. The smallest absolute Gasteiger partial charge is 0.149 e. The molecule has 17 heavy (non-hydrogen) atoms. The summed E-state index contributed by atoms with van der Waals surface area (Å²) >= 11 is 0. The molecule has 94 valence electrons. The van der Waals surface area contributed by atoms with E-state index in [1.165, 1.54) is 12.1 Å². The van der Waals surface area contributed by atoms with Crippen LogP contribution in [0.15, 0.2) is 18.2 Å². The van der Waals surface area contributed by atoms with Crippen molar-refractivity contribution in [3.63, 3.8) is 0 Å². The maximum absolute atomic E-state index is 13.6. The lowest BCUT2D eigenvalue weighted by atomic mass is 10.1. The lowest BCUT2D eigenvalue weighted by Crippen LogP contribution is -2.50. The molecular weight excluding hydrogens is 222 g/mol. The predicted molar refractivity (Wildman–Crippen MR) is 65.3 cm³/mol. The van der Waals surface area contributed by atoms with Crippen LogP contribution in [0.25, 0.3) is 0 Å². The summed E-state index contributed by atoms with van der Waals surface area (Å²) in [6.45, 7) is 4.54. The van der Waals surface area contributed by atoms with Crippen LogP contribution >= 0.6 is 0 Å². The Hall–Kier alpha value is -1.16. The monoisotopic (exact) mass is 240 g/mol. The zero-order chi connectivity index (χ0) is 12.3. The van der Waals surface area contributed by atoms with Crippen molar-refractivity contribution in [3.05, 3.63) is 29.8 Å². The molecule has 2 rings (SSSR count). The van der Waals surface area contributed by atoms with Gasteiger partial charge in [0, 0.05) is 31.7 Å². The van der Waals surface area contributed by atoms with Gasteiger partial charge < -0.3 is 10.2 Å². The van der Waals surface area contributed by atoms with Crippen LogP contribution in [0, 0.1) is 11.6 Å². The fourth-order valence-corrected chi connectivity index (χ4v) is 2.32. The summed E-state index contributed by atoms with van der Waals surface area (Å²) < 4.78 is 26.5. The molecule has 0 bridgehead atoms. The molecule has 1 aromatic rings. The van der Waals surface area contributed by atoms with Gasteiger partial charge in [-0.2, -0.15) is 0 Å². The number of hydrogen-bond donors (Lipinski definition) is 1. The molecule has 0 spiro atoms. The maximum Gasteiger partial charge on any atom is 0.149 e.